The van der Waals surface area contributed by atoms with Crippen LogP contribution in [0.15, 0.2) is 12.1 Å². The summed E-state index contributed by atoms with van der Waals surface area (Å²) in [5, 5.41) is 8.93. The summed E-state index contributed by atoms with van der Waals surface area (Å²) in [6.45, 7) is 1.67. The third-order valence-corrected chi connectivity index (χ3v) is 5.73. The molecule has 0 radical (unpaired) electrons. The molecule has 0 unspecified atom stereocenters. The number of nitrogens with zero attached hydrogens (tertiary/aromatic N) is 1. The van der Waals surface area contributed by atoms with Gasteiger partial charge in [-0.15, -0.1) is 11.3 Å². The van der Waals surface area contributed by atoms with Crippen molar-refractivity contribution < 1.29 is 14.7 Å². The SMILES string of the molecule is O=C(O)c1ccc(C(=O)N2CCC3(CCCCC3)C2)s1. The second kappa shape index (κ2) is 5.20. The molecule has 2 fully saturated rings. The van der Waals surface area contributed by atoms with Gasteiger partial charge in [0.1, 0.15) is 4.88 Å². The zero-order chi connectivity index (χ0) is 14.2. The van der Waals surface area contributed by atoms with E-state index in [1.54, 1.807) is 6.07 Å². The number of carbonyl (C=O) groups is 2. The van der Waals surface area contributed by atoms with Gasteiger partial charge in [-0.1, -0.05) is 19.3 Å². The van der Waals surface area contributed by atoms with E-state index < -0.39 is 5.97 Å². The van der Waals surface area contributed by atoms with Gasteiger partial charge in [0.2, 0.25) is 0 Å². The maximum absolute atomic E-state index is 12.5. The van der Waals surface area contributed by atoms with Gasteiger partial charge in [-0.05, 0) is 36.8 Å². The molecule has 0 atom stereocenters. The van der Waals surface area contributed by atoms with E-state index >= 15 is 0 Å². The predicted molar refractivity (Wildman–Crippen MR) is 77.3 cm³/mol. The second-order valence-electron chi connectivity index (χ2n) is 6.01. The molecule has 3 rings (SSSR count). The van der Waals surface area contributed by atoms with Crippen LogP contribution in [0.4, 0.5) is 0 Å². The number of carbonyl (C=O) groups excluding carboxylic acids is 1. The maximum Gasteiger partial charge on any atom is 0.345 e. The van der Waals surface area contributed by atoms with Crippen LogP contribution in [-0.4, -0.2) is 35.0 Å². The molecule has 2 aliphatic rings. The van der Waals surface area contributed by atoms with Gasteiger partial charge in [0.15, 0.2) is 0 Å². The Labute approximate surface area is 122 Å². The summed E-state index contributed by atoms with van der Waals surface area (Å²) in [5.74, 6) is -0.954. The highest BCUT2D eigenvalue weighted by molar-refractivity contribution is 7.15. The fourth-order valence-electron chi connectivity index (χ4n) is 3.54. The average Bonchev–Trinajstić information content (AvgIpc) is 3.07. The van der Waals surface area contributed by atoms with Gasteiger partial charge in [0.05, 0.1) is 4.88 Å². The van der Waals surface area contributed by atoms with Gasteiger partial charge in [0.25, 0.3) is 5.91 Å². The van der Waals surface area contributed by atoms with Crippen molar-refractivity contribution in [2.75, 3.05) is 13.1 Å². The Morgan fingerprint density at radius 2 is 1.80 bits per heavy atom. The third kappa shape index (κ3) is 2.46. The van der Waals surface area contributed by atoms with Gasteiger partial charge in [-0.3, -0.25) is 4.79 Å². The molecule has 1 spiro atoms. The second-order valence-corrected chi connectivity index (χ2v) is 7.09. The van der Waals surface area contributed by atoms with Gasteiger partial charge < -0.3 is 10.0 Å². The lowest BCUT2D eigenvalue weighted by molar-refractivity contribution is 0.0701. The van der Waals surface area contributed by atoms with Crippen molar-refractivity contribution in [3.8, 4) is 0 Å². The molecule has 1 amide bonds. The highest BCUT2D eigenvalue weighted by Crippen LogP contribution is 2.44. The molecule has 1 aromatic heterocycles. The first kappa shape index (κ1) is 13.6. The molecular formula is C15H19NO3S. The Morgan fingerprint density at radius 3 is 2.45 bits per heavy atom. The summed E-state index contributed by atoms with van der Waals surface area (Å²) >= 11 is 1.08. The lowest BCUT2D eigenvalue weighted by Crippen LogP contribution is -2.32. The van der Waals surface area contributed by atoms with E-state index in [-0.39, 0.29) is 10.8 Å². The Hall–Kier alpha value is -1.36. The summed E-state index contributed by atoms with van der Waals surface area (Å²) in [6, 6.07) is 3.16. The molecule has 1 aromatic rings. The van der Waals surface area contributed by atoms with Crippen LogP contribution in [0.25, 0.3) is 0 Å². The molecule has 1 saturated heterocycles. The fraction of sp³-hybridized carbons (Fsp3) is 0.600. The summed E-state index contributed by atoms with van der Waals surface area (Å²) < 4.78 is 0. The normalized spacial score (nSPS) is 21.3. The minimum absolute atomic E-state index is 0.00458. The van der Waals surface area contributed by atoms with Crippen LogP contribution >= 0.6 is 11.3 Å². The van der Waals surface area contributed by atoms with Crippen LogP contribution in [0.2, 0.25) is 0 Å². The Bertz CT molecular complexity index is 531. The molecule has 108 valence electrons. The lowest BCUT2D eigenvalue weighted by Gasteiger charge is -2.33. The molecule has 2 heterocycles. The minimum atomic E-state index is -0.959. The average molecular weight is 293 g/mol. The van der Waals surface area contributed by atoms with E-state index in [9.17, 15) is 9.59 Å². The van der Waals surface area contributed by atoms with Crippen LogP contribution < -0.4 is 0 Å². The van der Waals surface area contributed by atoms with Gasteiger partial charge in [-0.25, -0.2) is 4.79 Å². The summed E-state index contributed by atoms with van der Waals surface area (Å²) in [6.07, 6.45) is 7.47. The first-order valence-electron chi connectivity index (χ1n) is 7.22. The molecule has 4 nitrogen and oxygen atoms in total. The van der Waals surface area contributed by atoms with Crippen molar-refractivity contribution in [3.63, 3.8) is 0 Å². The first-order chi connectivity index (χ1) is 9.60. The van der Waals surface area contributed by atoms with Crippen LogP contribution in [0.5, 0.6) is 0 Å². The number of likely N-dealkylation sites (tertiary alicyclic amines) is 1. The maximum atomic E-state index is 12.5. The number of amides is 1. The molecule has 1 aliphatic heterocycles. The Morgan fingerprint density at radius 1 is 1.10 bits per heavy atom. The molecule has 0 bridgehead atoms. The standard InChI is InChI=1S/C15H19NO3S/c17-13(11-4-5-12(20-11)14(18)19)16-9-8-15(10-16)6-2-1-3-7-15/h4-5H,1-3,6-10H2,(H,18,19). The van der Waals surface area contributed by atoms with E-state index in [2.05, 4.69) is 0 Å². The summed E-state index contributed by atoms with van der Waals surface area (Å²) in [7, 11) is 0. The predicted octanol–water partition coefficient (Wildman–Crippen LogP) is 3.24. The summed E-state index contributed by atoms with van der Waals surface area (Å²) in [4.78, 5) is 26.0. The molecular weight excluding hydrogens is 274 g/mol. The lowest BCUT2D eigenvalue weighted by atomic mass is 9.73. The number of aromatic carboxylic acids is 1. The first-order valence-corrected chi connectivity index (χ1v) is 8.04. The highest BCUT2D eigenvalue weighted by Gasteiger charge is 2.40. The van der Waals surface area contributed by atoms with Crippen molar-refractivity contribution in [3.05, 3.63) is 21.9 Å². The van der Waals surface area contributed by atoms with Crippen molar-refractivity contribution in [2.24, 2.45) is 5.41 Å². The Balaban J connectivity index is 1.70. The number of carboxylic acids is 1. The fourth-order valence-corrected chi connectivity index (χ4v) is 4.35. The minimum Gasteiger partial charge on any atom is -0.477 e. The van der Waals surface area contributed by atoms with Crippen LogP contribution in [-0.2, 0) is 0 Å². The van der Waals surface area contributed by atoms with Crippen molar-refractivity contribution in [1.29, 1.82) is 0 Å². The van der Waals surface area contributed by atoms with E-state index in [0.29, 0.717) is 10.3 Å². The number of thiophene rings is 1. The van der Waals surface area contributed by atoms with Crippen molar-refractivity contribution in [1.82, 2.24) is 4.90 Å². The number of hydrogen-bond acceptors (Lipinski definition) is 3. The molecule has 1 N–H and O–H groups in total. The van der Waals surface area contributed by atoms with E-state index in [0.717, 1.165) is 30.8 Å². The number of rotatable bonds is 2. The van der Waals surface area contributed by atoms with Gasteiger partial charge in [0, 0.05) is 13.1 Å². The van der Waals surface area contributed by atoms with E-state index in [1.165, 1.54) is 38.2 Å². The molecule has 0 aromatic carbocycles. The molecule has 1 saturated carbocycles. The van der Waals surface area contributed by atoms with Gasteiger partial charge >= 0.3 is 5.97 Å². The van der Waals surface area contributed by atoms with E-state index in [4.69, 9.17) is 5.11 Å². The molecule has 20 heavy (non-hydrogen) atoms. The molecule has 5 heteroatoms. The zero-order valence-corrected chi connectivity index (χ0v) is 12.2. The topological polar surface area (TPSA) is 57.6 Å². The number of hydrogen-bond donors (Lipinski definition) is 1. The van der Waals surface area contributed by atoms with Gasteiger partial charge in [-0.2, -0.15) is 0 Å². The Kier molecular flexibility index (Phi) is 3.54. The quantitative estimate of drug-likeness (QED) is 0.910. The highest BCUT2D eigenvalue weighted by atomic mass is 32.1. The van der Waals surface area contributed by atoms with Crippen LogP contribution in [0.1, 0.15) is 57.9 Å². The monoisotopic (exact) mass is 293 g/mol. The van der Waals surface area contributed by atoms with Crippen LogP contribution in [0.3, 0.4) is 0 Å². The zero-order valence-electron chi connectivity index (χ0n) is 11.4. The largest absolute Gasteiger partial charge is 0.477 e. The van der Waals surface area contributed by atoms with E-state index in [1.807, 2.05) is 4.90 Å². The summed E-state index contributed by atoms with van der Waals surface area (Å²) in [5.41, 5.74) is 0.348. The number of carboxylic acid groups (broad SMARTS) is 1. The van der Waals surface area contributed by atoms with Crippen molar-refractivity contribution in [2.45, 2.75) is 38.5 Å². The molecule has 1 aliphatic carbocycles. The van der Waals surface area contributed by atoms with Crippen molar-refractivity contribution >= 4 is 23.2 Å². The third-order valence-electron chi connectivity index (χ3n) is 4.67. The van der Waals surface area contributed by atoms with Crippen LogP contribution in [0, 0.1) is 5.41 Å². The smallest absolute Gasteiger partial charge is 0.345 e.